The summed E-state index contributed by atoms with van der Waals surface area (Å²) in [5.74, 6) is 0. The highest BCUT2D eigenvalue weighted by molar-refractivity contribution is 4.64. The fraction of sp³-hybridized carbons (Fsp3) is 1.00. The molecule has 0 amide bonds. The van der Waals surface area contributed by atoms with Crippen molar-refractivity contribution in [2.45, 2.75) is 45.7 Å². The van der Waals surface area contributed by atoms with Crippen molar-refractivity contribution in [1.29, 1.82) is 0 Å². The van der Waals surface area contributed by atoms with Gasteiger partial charge in [-0.15, -0.1) is 0 Å². The third-order valence-corrected chi connectivity index (χ3v) is 1.67. The van der Waals surface area contributed by atoms with Crippen LogP contribution < -0.4 is 5.73 Å². The Morgan fingerprint density at radius 1 is 1.36 bits per heavy atom. The van der Waals surface area contributed by atoms with Crippen LogP contribution in [0.3, 0.4) is 0 Å². The SMILES string of the molecule is CCCCC(N)N([O-])CCC. The molecular formula is C8H19N2O-. The minimum absolute atomic E-state index is 0.283. The summed E-state index contributed by atoms with van der Waals surface area (Å²) in [4.78, 5) is 0. The first-order chi connectivity index (χ1) is 5.22. The Hall–Kier alpha value is -0.120. The zero-order chi connectivity index (χ0) is 8.69. The van der Waals surface area contributed by atoms with Crippen LogP contribution in [0.2, 0.25) is 0 Å². The van der Waals surface area contributed by atoms with Crippen molar-refractivity contribution in [3.05, 3.63) is 5.21 Å². The third-order valence-electron chi connectivity index (χ3n) is 1.67. The lowest BCUT2D eigenvalue weighted by atomic mass is 10.2. The Kier molecular flexibility index (Phi) is 6.51. The maximum atomic E-state index is 11.0. The highest BCUT2D eigenvalue weighted by Crippen LogP contribution is 2.02. The van der Waals surface area contributed by atoms with E-state index in [1.807, 2.05) is 6.92 Å². The molecule has 1 unspecified atom stereocenters. The fourth-order valence-electron chi connectivity index (χ4n) is 0.943. The summed E-state index contributed by atoms with van der Waals surface area (Å²) >= 11 is 0. The molecule has 1 atom stereocenters. The Balaban J connectivity index is 3.38. The average Bonchev–Trinajstić information content (AvgIpc) is 2.00. The molecule has 11 heavy (non-hydrogen) atoms. The van der Waals surface area contributed by atoms with Crippen LogP contribution in [-0.4, -0.2) is 17.8 Å². The van der Waals surface area contributed by atoms with Gasteiger partial charge in [-0.2, -0.15) is 0 Å². The quantitative estimate of drug-likeness (QED) is 0.474. The minimum atomic E-state index is -0.283. The van der Waals surface area contributed by atoms with Crippen molar-refractivity contribution in [2.24, 2.45) is 5.73 Å². The molecule has 0 aromatic heterocycles. The van der Waals surface area contributed by atoms with Crippen LogP contribution in [0.25, 0.3) is 0 Å². The number of nitrogens with zero attached hydrogens (tertiary/aromatic N) is 1. The molecule has 0 aliphatic rings. The second-order valence-corrected chi connectivity index (χ2v) is 2.85. The average molecular weight is 159 g/mol. The van der Waals surface area contributed by atoms with E-state index in [4.69, 9.17) is 5.73 Å². The lowest BCUT2D eigenvalue weighted by Crippen LogP contribution is -2.38. The molecular weight excluding hydrogens is 140 g/mol. The van der Waals surface area contributed by atoms with Crippen molar-refractivity contribution in [2.75, 3.05) is 6.54 Å². The van der Waals surface area contributed by atoms with Crippen LogP contribution in [0, 0.1) is 5.21 Å². The molecule has 0 bridgehead atoms. The predicted octanol–water partition coefficient (Wildman–Crippen LogP) is 1.67. The summed E-state index contributed by atoms with van der Waals surface area (Å²) in [6, 6.07) is 0. The van der Waals surface area contributed by atoms with E-state index in [0.717, 1.165) is 30.7 Å². The van der Waals surface area contributed by atoms with E-state index in [0.29, 0.717) is 6.54 Å². The first-order valence-electron chi connectivity index (χ1n) is 4.41. The molecule has 0 saturated carbocycles. The van der Waals surface area contributed by atoms with Gasteiger partial charge in [0.15, 0.2) is 0 Å². The molecule has 0 saturated heterocycles. The Bertz CT molecular complexity index is 88.2. The van der Waals surface area contributed by atoms with Crippen LogP contribution in [0.4, 0.5) is 0 Å². The van der Waals surface area contributed by atoms with Gasteiger partial charge in [0.1, 0.15) is 0 Å². The first kappa shape index (κ1) is 10.9. The van der Waals surface area contributed by atoms with E-state index >= 15 is 0 Å². The molecule has 3 nitrogen and oxygen atoms in total. The highest BCUT2D eigenvalue weighted by atomic mass is 16.5. The molecule has 0 aromatic rings. The van der Waals surface area contributed by atoms with Gasteiger partial charge in [0, 0.05) is 6.17 Å². The molecule has 0 heterocycles. The van der Waals surface area contributed by atoms with Gasteiger partial charge in [0.25, 0.3) is 0 Å². The summed E-state index contributed by atoms with van der Waals surface area (Å²) in [7, 11) is 0. The van der Waals surface area contributed by atoms with E-state index in [1.54, 1.807) is 0 Å². The largest absolute Gasteiger partial charge is 0.784 e. The molecule has 3 heteroatoms. The maximum absolute atomic E-state index is 11.0. The van der Waals surface area contributed by atoms with Crippen LogP contribution in [-0.2, 0) is 0 Å². The van der Waals surface area contributed by atoms with E-state index in [2.05, 4.69) is 6.92 Å². The number of unbranched alkanes of at least 4 members (excludes halogenated alkanes) is 1. The van der Waals surface area contributed by atoms with E-state index in [-0.39, 0.29) is 6.17 Å². The molecule has 0 aliphatic carbocycles. The van der Waals surface area contributed by atoms with Gasteiger partial charge >= 0.3 is 0 Å². The molecule has 0 fully saturated rings. The summed E-state index contributed by atoms with van der Waals surface area (Å²) in [5.41, 5.74) is 5.60. The van der Waals surface area contributed by atoms with Gasteiger partial charge in [-0.3, -0.25) is 0 Å². The lowest BCUT2D eigenvalue weighted by Gasteiger charge is -2.34. The second kappa shape index (κ2) is 6.58. The van der Waals surface area contributed by atoms with Gasteiger partial charge in [-0.25, -0.2) is 0 Å². The monoisotopic (exact) mass is 159 g/mol. The van der Waals surface area contributed by atoms with Crippen molar-refractivity contribution in [3.8, 4) is 0 Å². The number of hydroxylamine groups is 2. The first-order valence-corrected chi connectivity index (χ1v) is 4.41. The van der Waals surface area contributed by atoms with Crippen LogP contribution >= 0.6 is 0 Å². The Morgan fingerprint density at radius 3 is 2.45 bits per heavy atom. The smallest absolute Gasteiger partial charge is 0.0456 e. The third kappa shape index (κ3) is 5.18. The van der Waals surface area contributed by atoms with Gasteiger partial charge in [0.2, 0.25) is 0 Å². The summed E-state index contributed by atoms with van der Waals surface area (Å²) in [6.07, 6.45) is 3.57. The normalized spacial score (nSPS) is 13.9. The molecule has 0 aromatic carbocycles. The maximum Gasteiger partial charge on any atom is 0.0456 e. The van der Waals surface area contributed by atoms with Crippen molar-refractivity contribution >= 4 is 0 Å². The van der Waals surface area contributed by atoms with Crippen LogP contribution in [0.1, 0.15) is 39.5 Å². The number of nitrogens with two attached hydrogens (primary N) is 1. The van der Waals surface area contributed by atoms with Crippen LogP contribution in [0.5, 0.6) is 0 Å². The fourth-order valence-corrected chi connectivity index (χ4v) is 0.943. The summed E-state index contributed by atoms with van der Waals surface area (Å²) in [5, 5.41) is 12.0. The van der Waals surface area contributed by atoms with E-state index in [9.17, 15) is 5.21 Å². The number of hydrogen-bond donors (Lipinski definition) is 1. The predicted molar refractivity (Wildman–Crippen MR) is 47.9 cm³/mol. The standard InChI is InChI=1S/C8H19N2O/c1-3-5-6-8(9)10(11)7-4-2/h8H,3-7,9H2,1-2H3/q-1. The van der Waals surface area contributed by atoms with Crippen molar-refractivity contribution < 1.29 is 0 Å². The molecule has 0 spiro atoms. The Morgan fingerprint density at radius 2 is 2.00 bits per heavy atom. The zero-order valence-electron chi connectivity index (χ0n) is 7.55. The van der Waals surface area contributed by atoms with Gasteiger partial charge in [0.05, 0.1) is 0 Å². The molecule has 68 valence electrons. The van der Waals surface area contributed by atoms with E-state index < -0.39 is 0 Å². The second-order valence-electron chi connectivity index (χ2n) is 2.85. The molecule has 0 aliphatic heterocycles. The van der Waals surface area contributed by atoms with Gasteiger partial charge in [-0.1, -0.05) is 26.7 Å². The lowest BCUT2D eigenvalue weighted by molar-refractivity contribution is 0.265. The van der Waals surface area contributed by atoms with E-state index in [1.165, 1.54) is 0 Å². The van der Waals surface area contributed by atoms with Gasteiger partial charge in [-0.05, 0) is 19.4 Å². The minimum Gasteiger partial charge on any atom is -0.784 e. The van der Waals surface area contributed by atoms with Gasteiger partial charge < -0.3 is 16.0 Å². The molecule has 0 radical (unpaired) electrons. The van der Waals surface area contributed by atoms with Crippen molar-refractivity contribution in [3.63, 3.8) is 0 Å². The van der Waals surface area contributed by atoms with Crippen molar-refractivity contribution in [1.82, 2.24) is 5.06 Å². The summed E-state index contributed by atoms with van der Waals surface area (Å²) in [6.45, 7) is 4.64. The van der Waals surface area contributed by atoms with Crippen LogP contribution in [0.15, 0.2) is 0 Å². The molecule has 0 rings (SSSR count). The molecule has 2 N–H and O–H groups in total. The highest BCUT2D eigenvalue weighted by Gasteiger charge is 2.01. The topological polar surface area (TPSA) is 52.3 Å². The zero-order valence-corrected chi connectivity index (χ0v) is 7.55. The number of rotatable bonds is 6. The Labute approximate surface area is 69.1 Å². The summed E-state index contributed by atoms with van der Waals surface area (Å²) < 4.78 is 0. The number of hydrogen-bond acceptors (Lipinski definition) is 3.